The SMILES string of the molecule is CC(C)N(CCO)Cc1cc(Cl)ccc1N. The van der Waals surface area contributed by atoms with Gasteiger partial charge in [0.1, 0.15) is 0 Å². The van der Waals surface area contributed by atoms with E-state index in [2.05, 4.69) is 18.7 Å². The van der Waals surface area contributed by atoms with E-state index >= 15 is 0 Å². The summed E-state index contributed by atoms with van der Waals surface area (Å²) in [5, 5.41) is 9.68. The first-order valence-electron chi connectivity index (χ1n) is 5.43. The molecule has 1 rings (SSSR count). The second kappa shape index (κ2) is 6.09. The molecule has 0 spiro atoms. The van der Waals surface area contributed by atoms with Crippen molar-refractivity contribution in [3.05, 3.63) is 28.8 Å². The molecule has 0 heterocycles. The van der Waals surface area contributed by atoms with Gasteiger partial charge in [0, 0.05) is 29.8 Å². The molecule has 3 nitrogen and oxygen atoms in total. The van der Waals surface area contributed by atoms with E-state index < -0.39 is 0 Å². The molecule has 0 bridgehead atoms. The van der Waals surface area contributed by atoms with Gasteiger partial charge in [-0.1, -0.05) is 11.6 Å². The van der Waals surface area contributed by atoms with Gasteiger partial charge in [0.05, 0.1) is 6.61 Å². The maximum Gasteiger partial charge on any atom is 0.0558 e. The Morgan fingerprint density at radius 1 is 1.44 bits per heavy atom. The van der Waals surface area contributed by atoms with Crippen molar-refractivity contribution in [1.82, 2.24) is 4.90 Å². The van der Waals surface area contributed by atoms with Crippen molar-refractivity contribution in [2.45, 2.75) is 26.4 Å². The van der Waals surface area contributed by atoms with Crippen LogP contribution in [0.25, 0.3) is 0 Å². The molecule has 0 atom stereocenters. The Bertz CT molecular complexity index is 342. The predicted molar refractivity (Wildman–Crippen MR) is 68.5 cm³/mol. The van der Waals surface area contributed by atoms with Gasteiger partial charge in [0.2, 0.25) is 0 Å². The molecule has 3 N–H and O–H groups in total. The predicted octanol–water partition coefficient (Wildman–Crippen LogP) is 2.12. The fraction of sp³-hybridized carbons (Fsp3) is 0.500. The number of nitrogen functional groups attached to an aromatic ring is 1. The Balaban J connectivity index is 2.80. The minimum atomic E-state index is 0.151. The first-order valence-corrected chi connectivity index (χ1v) is 5.81. The summed E-state index contributed by atoms with van der Waals surface area (Å²) in [6, 6.07) is 5.84. The van der Waals surface area contributed by atoms with Crippen LogP contribution < -0.4 is 5.73 Å². The van der Waals surface area contributed by atoms with Crippen molar-refractivity contribution in [2.75, 3.05) is 18.9 Å². The van der Waals surface area contributed by atoms with Gasteiger partial charge in [0.15, 0.2) is 0 Å². The highest BCUT2D eigenvalue weighted by molar-refractivity contribution is 6.30. The summed E-state index contributed by atoms with van der Waals surface area (Å²) >= 11 is 5.93. The van der Waals surface area contributed by atoms with Crippen molar-refractivity contribution in [1.29, 1.82) is 0 Å². The second-order valence-corrected chi connectivity index (χ2v) is 4.57. The normalized spacial score (nSPS) is 11.4. The van der Waals surface area contributed by atoms with Crippen LogP contribution in [0.15, 0.2) is 18.2 Å². The van der Waals surface area contributed by atoms with Crippen molar-refractivity contribution in [3.63, 3.8) is 0 Å². The molecule has 90 valence electrons. The van der Waals surface area contributed by atoms with Gasteiger partial charge in [-0.15, -0.1) is 0 Å². The third-order valence-electron chi connectivity index (χ3n) is 2.60. The van der Waals surface area contributed by atoms with Crippen molar-refractivity contribution in [2.24, 2.45) is 0 Å². The number of hydrogen-bond donors (Lipinski definition) is 2. The molecule has 1 aromatic carbocycles. The molecule has 4 heteroatoms. The standard InChI is InChI=1S/C12H19ClN2O/c1-9(2)15(5-6-16)8-10-7-11(13)3-4-12(10)14/h3-4,7,9,16H,5-6,8,14H2,1-2H3. The molecule has 16 heavy (non-hydrogen) atoms. The molecule has 0 unspecified atom stereocenters. The maximum atomic E-state index is 8.99. The summed E-state index contributed by atoms with van der Waals surface area (Å²) in [7, 11) is 0. The van der Waals surface area contributed by atoms with Crippen molar-refractivity contribution < 1.29 is 5.11 Å². The average molecular weight is 243 g/mol. The monoisotopic (exact) mass is 242 g/mol. The van der Waals surface area contributed by atoms with Gasteiger partial charge in [-0.05, 0) is 37.6 Å². The lowest BCUT2D eigenvalue weighted by Crippen LogP contribution is -2.33. The molecule has 0 aliphatic heterocycles. The van der Waals surface area contributed by atoms with E-state index in [9.17, 15) is 0 Å². The number of anilines is 1. The Labute approximate surface area is 102 Å². The van der Waals surface area contributed by atoms with Crippen LogP contribution in [0, 0.1) is 0 Å². The molecule has 0 aliphatic rings. The lowest BCUT2D eigenvalue weighted by Gasteiger charge is -2.26. The van der Waals surface area contributed by atoms with Gasteiger partial charge < -0.3 is 10.8 Å². The lowest BCUT2D eigenvalue weighted by molar-refractivity contribution is 0.159. The molecule has 0 saturated carbocycles. The maximum absolute atomic E-state index is 8.99. The van der Waals surface area contributed by atoms with E-state index in [0.29, 0.717) is 24.2 Å². The number of nitrogens with two attached hydrogens (primary N) is 1. The molecule has 1 aromatic rings. The Hall–Kier alpha value is -0.770. The summed E-state index contributed by atoms with van der Waals surface area (Å²) in [6.45, 7) is 5.69. The Morgan fingerprint density at radius 2 is 2.12 bits per heavy atom. The van der Waals surface area contributed by atoms with E-state index in [1.54, 1.807) is 6.07 Å². The van der Waals surface area contributed by atoms with Crippen molar-refractivity contribution >= 4 is 17.3 Å². The largest absolute Gasteiger partial charge is 0.398 e. The smallest absolute Gasteiger partial charge is 0.0558 e. The molecule has 0 fully saturated rings. The van der Waals surface area contributed by atoms with E-state index in [4.69, 9.17) is 22.4 Å². The van der Waals surface area contributed by atoms with Crippen LogP contribution in [0.3, 0.4) is 0 Å². The Kier molecular flexibility index (Phi) is 5.06. The molecule has 0 amide bonds. The number of nitrogens with zero attached hydrogens (tertiary/aromatic N) is 1. The van der Waals surface area contributed by atoms with E-state index in [1.165, 1.54) is 0 Å². The van der Waals surface area contributed by atoms with Crippen LogP contribution in [-0.4, -0.2) is 29.2 Å². The van der Waals surface area contributed by atoms with E-state index in [-0.39, 0.29) is 6.61 Å². The van der Waals surface area contributed by atoms with Gasteiger partial charge in [-0.3, -0.25) is 4.90 Å². The molecule has 0 aliphatic carbocycles. The van der Waals surface area contributed by atoms with Crippen LogP contribution in [0.4, 0.5) is 5.69 Å². The van der Waals surface area contributed by atoms with Crippen LogP contribution >= 0.6 is 11.6 Å². The highest BCUT2D eigenvalue weighted by Crippen LogP contribution is 2.20. The number of benzene rings is 1. The average Bonchev–Trinajstić information content (AvgIpc) is 2.22. The molecule has 0 aromatic heterocycles. The second-order valence-electron chi connectivity index (χ2n) is 4.13. The van der Waals surface area contributed by atoms with Crippen LogP contribution in [0.1, 0.15) is 19.4 Å². The summed E-state index contributed by atoms with van der Waals surface area (Å²) in [4.78, 5) is 2.15. The number of halogens is 1. The van der Waals surface area contributed by atoms with Gasteiger partial charge >= 0.3 is 0 Å². The third kappa shape index (κ3) is 3.67. The first kappa shape index (κ1) is 13.3. The van der Waals surface area contributed by atoms with Crippen LogP contribution in [0.2, 0.25) is 5.02 Å². The highest BCUT2D eigenvalue weighted by atomic mass is 35.5. The van der Waals surface area contributed by atoms with Crippen LogP contribution in [-0.2, 0) is 6.54 Å². The van der Waals surface area contributed by atoms with E-state index in [1.807, 2.05) is 12.1 Å². The third-order valence-corrected chi connectivity index (χ3v) is 2.83. The zero-order valence-electron chi connectivity index (χ0n) is 9.78. The fourth-order valence-corrected chi connectivity index (χ4v) is 1.77. The lowest BCUT2D eigenvalue weighted by atomic mass is 10.1. The first-order chi connectivity index (χ1) is 7.54. The Morgan fingerprint density at radius 3 is 2.69 bits per heavy atom. The molecular formula is C12H19ClN2O. The number of aliphatic hydroxyl groups excluding tert-OH is 1. The van der Waals surface area contributed by atoms with Crippen LogP contribution in [0.5, 0.6) is 0 Å². The highest BCUT2D eigenvalue weighted by Gasteiger charge is 2.11. The summed E-state index contributed by atoms with van der Waals surface area (Å²) < 4.78 is 0. The van der Waals surface area contributed by atoms with Gasteiger partial charge in [-0.2, -0.15) is 0 Å². The number of aliphatic hydroxyl groups is 1. The molecular weight excluding hydrogens is 224 g/mol. The topological polar surface area (TPSA) is 49.5 Å². The fourth-order valence-electron chi connectivity index (χ4n) is 1.58. The number of rotatable bonds is 5. The summed E-state index contributed by atoms with van der Waals surface area (Å²) in [5.41, 5.74) is 7.64. The minimum Gasteiger partial charge on any atom is -0.398 e. The molecule has 0 radical (unpaired) electrons. The molecule has 0 saturated heterocycles. The number of hydrogen-bond acceptors (Lipinski definition) is 3. The van der Waals surface area contributed by atoms with Gasteiger partial charge in [-0.25, -0.2) is 0 Å². The zero-order chi connectivity index (χ0) is 12.1. The minimum absolute atomic E-state index is 0.151. The van der Waals surface area contributed by atoms with Crippen molar-refractivity contribution in [3.8, 4) is 0 Å². The quantitative estimate of drug-likeness (QED) is 0.778. The summed E-state index contributed by atoms with van der Waals surface area (Å²) in [6.07, 6.45) is 0. The summed E-state index contributed by atoms with van der Waals surface area (Å²) in [5.74, 6) is 0. The van der Waals surface area contributed by atoms with Gasteiger partial charge in [0.25, 0.3) is 0 Å². The zero-order valence-corrected chi connectivity index (χ0v) is 10.5. The van der Waals surface area contributed by atoms with E-state index in [0.717, 1.165) is 11.3 Å².